The second-order valence-corrected chi connectivity index (χ2v) is 5.50. The van der Waals surface area contributed by atoms with Crippen molar-refractivity contribution in [1.29, 1.82) is 0 Å². The Labute approximate surface area is 130 Å². The van der Waals surface area contributed by atoms with Crippen LogP contribution < -0.4 is 5.32 Å². The van der Waals surface area contributed by atoms with Crippen LogP contribution in [0.1, 0.15) is 13.8 Å². The van der Waals surface area contributed by atoms with Crippen molar-refractivity contribution >= 4 is 44.3 Å². The minimum atomic E-state index is -1.09. The number of carbonyl (C=O) groups excluding carboxylic acids is 1. The van der Waals surface area contributed by atoms with Crippen molar-refractivity contribution in [3.63, 3.8) is 0 Å². The number of carbonyl (C=O) groups is 2. The fourth-order valence-corrected chi connectivity index (χ4v) is 2.40. The maximum absolute atomic E-state index is 12.1. The monoisotopic (exact) mass is 347 g/mol. The number of carboxylic acids is 1. The molecule has 2 rings (SSSR count). The van der Waals surface area contributed by atoms with Gasteiger partial charge < -0.3 is 10.4 Å². The number of amides is 1. The molecular formula is C16H14BrNO3. The minimum absolute atomic E-state index is 0.0360. The highest BCUT2D eigenvalue weighted by Gasteiger charge is 2.14. The van der Waals surface area contributed by atoms with E-state index in [1.54, 1.807) is 6.07 Å². The van der Waals surface area contributed by atoms with Crippen LogP contribution in [-0.4, -0.2) is 17.0 Å². The lowest BCUT2D eigenvalue weighted by atomic mass is 10.1. The SMILES string of the molecule is C/C(C(=O)O)=C(/C)C(=O)Nc1ccc(Br)c2ccccc12. The number of hydrogen-bond donors (Lipinski definition) is 2. The van der Waals surface area contributed by atoms with Gasteiger partial charge in [0.15, 0.2) is 0 Å². The molecule has 0 fully saturated rings. The summed E-state index contributed by atoms with van der Waals surface area (Å²) in [5.74, 6) is -1.51. The first-order valence-corrected chi connectivity index (χ1v) is 7.10. The zero-order valence-corrected chi connectivity index (χ0v) is 13.2. The molecule has 2 aromatic rings. The van der Waals surface area contributed by atoms with Crippen LogP contribution in [0.25, 0.3) is 10.8 Å². The Hall–Kier alpha value is -2.14. The van der Waals surface area contributed by atoms with E-state index in [9.17, 15) is 9.59 Å². The van der Waals surface area contributed by atoms with Gasteiger partial charge in [-0.25, -0.2) is 4.79 Å². The van der Waals surface area contributed by atoms with E-state index in [-0.39, 0.29) is 11.1 Å². The maximum atomic E-state index is 12.1. The molecule has 0 aliphatic rings. The van der Waals surface area contributed by atoms with Crippen LogP contribution in [0.3, 0.4) is 0 Å². The number of benzene rings is 2. The van der Waals surface area contributed by atoms with Crippen molar-refractivity contribution in [3.05, 3.63) is 52.0 Å². The lowest BCUT2D eigenvalue weighted by molar-refractivity contribution is -0.133. The van der Waals surface area contributed by atoms with Gasteiger partial charge in [0.05, 0.1) is 0 Å². The predicted molar refractivity (Wildman–Crippen MR) is 86.3 cm³/mol. The molecule has 0 spiro atoms. The van der Waals surface area contributed by atoms with Crippen LogP contribution >= 0.6 is 15.9 Å². The topological polar surface area (TPSA) is 66.4 Å². The first kappa shape index (κ1) is 15.3. The van der Waals surface area contributed by atoms with Gasteiger partial charge in [0, 0.05) is 26.7 Å². The number of fused-ring (bicyclic) bond motifs is 1. The summed E-state index contributed by atoms with van der Waals surface area (Å²) in [5.41, 5.74) is 0.875. The predicted octanol–water partition coefficient (Wildman–Crippen LogP) is 3.96. The van der Waals surface area contributed by atoms with Crippen LogP contribution in [0, 0.1) is 0 Å². The van der Waals surface area contributed by atoms with Crippen LogP contribution in [0.2, 0.25) is 0 Å². The van der Waals surface area contributed by atoms with Crippen LogP contribution in [0.4, 0.5) is 5.69 Å². The molecule has 108 valence electrons. The zero-order chi connectivity index (χ0) is 15.6. The van der Waals surface area contributed by atoms with Crippen molar-refractivity contribution in [2.45, 2.75) is 13.8 Å². The largest absolute Gasteiger partial charge is 0.478 e. The molecule has 0 saturated heterocycles. The Morgan fingerprint density at radius 1 is 1.00 bits per heavy atom. The van der Waals surface area contributed by atoms with E-state index in [2.05, 4.69) is 21.2 Å². The molecule has 21 heavy (non-hydrogen) atoms. The molecule has 0 aliphatic carbocycles. The Kier molecular flexibility index (Phi) is 4.43. The highest BCUT2D eigenvalue weighted by Crippen LogP contribution is 2.30. The number of carboxylic acid groups (broad SMARTS) is 1. The van der Waals surface area contributed by atoms with Gasteiger partial charge in [0.25, 0.3) is 5.91 Å². The molecule has 0 aromatic heterocycles. The van der Waals surface area contributed by atoms with Gasteiger partial charge in [-0.3, -0.25) is 4.79 Å². The fourth-order valence-electron chi connectivity index (χ4n) is 1.92. The summed E-state index contributed by atoms with van der Waals surface area (Å²) in [6.45, 7) is 2.91. The fraction of sp³-hybridized carbons (Fsp3) is 0.125. The normalized spacial score (nSPS) is 12.0. The van der Waals surface area contributed by atoms with E-state index < -0.39 is 11.9 Å². The molecule has 1 amide bonds. The number of anilines is 1. The Morgan fingerprint density at radius 3 is 2.24 bits per heavy atom. The van der Waals surface area contributed by atoms with Gasteiger partial charge in [0.1, 0.15) is 0 Å². The second kappa shape index (κ2) is 6.10. The second-order valence-electron chi connectivity index (χ2n) is 4.65. The van der Waals surface area contributed by atoms with E-state index in [0.717, 1.165) is 15.2 Å². The number of hydrogen-bond acceptors (Lipinski definition) is 2. The number of halogens is 1. The Morgan fingerprint density at radius 2 is 1.62 bits per heavy atom. The number of rotatable bonds is 3. The van der Waals surface area contributed by atoms with E-state index in [0.29, 0.717) is 5.69 Å². The smallest absolute Gasteiger partial charge is 0.331 e. The van der Waals surface area contributed by atoms with E-state index in [1.165, 1.54) is 13.8 Å². The summed E-state index contributed by atoms with van der Waals surface area (Å²) in [6.07, 6.45) is 0. The summed E-state index contributed by atoms with van der Waals surface area (Å²) in [6, 6.07) is 11.3. The van der Waals surface area contributed by atoms with E-state index >= 15 is 0 Å². The zero-order valence-electron chi connectivity index (χ0n) is 11.6. The lowest BCUT2D eigenvalue weighted by Crippen LogP contribution is -2.16. The van der Waals surface area contributed by atoms with E-state index in [4.69, 9.17) is 5.11 Å². The molecule has 2 aromatic carbocycles. The summed E-state index contributed by atoms with van der Waals surface area (Å²) >= 11 is 3.47. The molecule has 5 heteroatoms. The third-order valence-corrected chi connectivity index (χ3v) is 4.03. The van der Waals surface area contributed by atoms with Gasteiger partial charge in [-0.15, -0.1) is 0 Å². The molecular weight excluding hydrogens is 334 g/mol. The standard InChI is InChI=1S/C16H14BrNO3/c1-9(10(2)16(20)21)15(19)18-14-8-7-13(17)11-5-3-4-6-12(11)14/h3-8H,1-2H3,(H,18,19)(H,20,21)/b10-9+. The molecule has 0 bridgehead atoms. The minimum Gasteiger partial charge on any atom is -0.478 e. The summed E-state index contributed by atoms with van der Waals surface area (Å²) in [7, 11) is 0. The first-order chi connectivity index (χ1) is 9.91. The third kappa shape index (κ3) is 3.13. The number of nitrogens with one attached hydrogen (secondary N) is 1. The highest BCUT2D eigenvalue weighted by atomic mass is 79.9. The number of aliphatic carboxylic acids is 1. The summed E-state index contributed by atoms with van der Waals surface area (Å²) < 4.78 is 0.935. The van der Waals surface area contributed by atoms with Crippen LogP contribution in [0.15, 0.2) is 52.0 Å². The van der Waals surface area contributed by atoms with Crippen molar-refractivity contribution in [1.82, 2.24) is 0 Å². The molecule has 0 heterocycles. The van der Waals surface area contributed by atoms with Gasteiger partial charge in [-0.1, -0.05) is 40.2 Å². The molecule has 2 N–H and O–H groups in total. The molecule has 4 nitrogen and oxygen atoms in total. The molecule has 0 unspecified atom stereocenters. The average molecular weight is 348 g/mol. The van der Waals surface area contributed by atoms with Gasteiger partial charge >= 0.3 is 5.97 Å². The molecule has 0 aliphatic heterocycles. The van der Waals surface area contributed by atoms with E-state index in [1.807, 2.05) is 30.3 Å². The molecule has 0 saturated carbocycles. The lowest BCUT2D eigenvalue weighted by Gasteiger charge is -2.11. The maximum Gasteiger partial charge on any atom is 0.331 e. The quantitative estimate of drug-likeness (QED) is 0.825. The van der Waals surface area contributed by atoms with Crippen molar-refractivity contribution in [3.8, 4) is 0 Å². The Bertz CT molecular complexity index is 765. The molecule has 0 atom stereocenters. The first-order valence-electron chi connectivity index (χ1n) is 6.31. The van der Waals surface area contributed by atoms with Crippen LogP contribution in [-0.2, 0) is 9.59 Å². The van der Waals surface area contributed by atoms with Gasteiger partial charge in [-0.05, 0) is 31.4 Å². The average Bonchev–Trinajstić information content (AvgIpc) is 2.48. The van der Waals surface area contributed by atoms with Crippen molar-refractivity contribution in [2.24, 2.45) is 0 Å². The van der Waals surface area contributed by atoms with Gasteiger partial charge in [0.2, 0.25) is 0 Å². The highest BCUT2D eigenvalue weighted by molar-refractivity contribution is 9.10. The third-order valence-electron chi connectivity index (χ3n) is 3.34. The van der Waals surface area contributed by atoms with Crippen molar-refractivity contribution < 1.29 is 14.7 Å². The Balaban J connectivity index is 2.42. The van der Waals surface area contributed by atoms with Crippen LogP contribution in [0.5, 0.6) is 0 Å². The summed E-state index contributed by atoms with van der Waals surface area (Å²) in [4.78, 5) is 23.1. The van der Waals surface area contributed by atoms with Gasteiger partial charge in [-0.2, -0.15) is 0 Å². The summed E-state index contributed by atoms with van der Waals surface area (Å²) in [5, 5.41) is 13.6. The van der Waals surface area contributed by atoms with Crippen molar-refractivity contribution in [2.75, 3.05) is 5.32 Å². The molecule has 0 radical (unpaired) electrons.